The fourth-order valence-electron chi connectivity index (χ4n) is 3.38. The average Bonchev–Trinajstić information content (AvgIpc) is 3.31. The molecule has 0 saturated carbocycles. The van der Waals surface area contributed by atoms with Crippen LogP contribution >= 0.6 is 0 Å². The first-order chi connectivity index (χ1) is 15.7. The molecule has 4 rings (SSSR count). The van der Waals surface area contributed by atoms with E-state index in [0.29, 0.717) is 69.6 Å². The Kier molecular flexibility index (Phi) is 6.16. The van der Waals surface area contributed by atoms with Crippen molar-refractivity contribution in [3.05, 3.63) is 41.6 Å². The van der Waals surface area contributed by atoms with Gasteiger partial charge in [0.2, 0.25) is 6.79 Å². The van der Waals surface area contributed by atoms with Gasteiger partial charge < -0.3 is 29.0 Å². The van der Waals surface area contributed by atoms with Gasteiger partial charge in [0.15, 0.2) is 23.0 Å². The van der Waals surface area contributed by atoms with Crippen LogP contribution in [-0.4, -0.2) is 39.2 Å². The Hall–Kier alpha value is -4.14. The van der Waals surface area contributed by atoms with E-state index >= 15 is 0 Å². The minimum Gasteiger partial charge on any atom is -0.493 e. The maximum Gasteiger partial charge on any atom is 0.231 e. The van der Waals surface area contributed by atoms with Gasteiger partial charge in [-0.2, -0.15) is 5.26 Å². The second-order valence-electron chi connectivity index (χ2n) is 6.70. The maximum atomic E-state index is 9.71. The van der Waals surface area contributed by atoms with Crippen molar-refractivity contribution in [3.8, 4) is 40.9 Å². The highest BCUT2D eigenvalue weighted by Crippen LogP contribution is 2.44. The quantitative estimate of drug-likeness (QED) is 0.586. The molecule has 1 aliphatic heterocycles. The van der Waals surface area contributed by atoms with Crippen molar-refractivity contribution in [2.75, 3.05) is 39.5 Å². The molecule has 0 unspecified atom stereocenters. The third-order valence-corrected chi connectivity index (χ3v) is 4.79. The number of nitriles is 1. The van der Waals surface area contributed by atoms with Crippen LogP contribution in [0.15, 0.2) is 30.5 Å². The zero-order valence-electron chi connectivity index (χ0n) is 17.9. The molecule has 162 valence electrons. The lowest BCUT2D eigenvalue weighted by Gasteiger charge is -2.16. The largest absolute Gasteiger partial charge is 0.493 e. The molecule has 32 heavy (non-hydrogen) atoms. The molecule has 1 N–H and O–H groups in total. The molecule has 1 aliphatic rings. The summed E-state index contributed by atoms with van der Waals surface area (Å²) in [4.78, 5) is 4.42. The zero-order valence-corrected chi connectivity index (χ0v) is 17.9. The number of hydrogen-bond donors (Lipinski definition) is 1. The normalized spacial score (nSPS) is 11.4. The molecular formula is C24H21N3O5. The molecule has 3 aromatic rings. The van der Waals surface area contributed by atoms with E-state index in [1.807, 2.05) is 19.1 Å². The number of rotatable bonds is 6. The lowest BCUT2D eigenvalue weighted by molar-refractivity contribution is 0.174. The number of fused-ring (bicyclic) bond motifs is 2. The SMILES string of the molecule is CCOc1cc2ncc(C#N)c(Nc3ccc(C#CCOC)c4c3OCO4)c2cc1OC. The predicted molar refractivity (Wildman–Crippen MR) is 119 cm³/mol. The Morgan fingerprint density at radius 2 is 1.97 bits per heavy atom. The monoisotopic (exact) mass is 431 g/mol. The first-order valence-corrected chi connectivity index (χ1v) is 9.91. The molecule has 1 aromatic heterocycles. The maximum absolute atomic E-state index is 9.71. The Labute approximate surface area is 185 Å². The lowest BCUT2D eigenvalue weighted by atomic mass is 10.1. The zero-order chi connectivity index (χ0) is 22.5. The van der Waals surface area contributed by atoms with E-state index in [2.05, 4.69) is 28.2 Å². The number of hydrogen-bond acceptors (Lipinski definition) is 8. The average molecular weight is 431 g/mol. The molecule has 8 nitrogen and oxygen atoms in total. The predicted octanol–water partition coefficient (Wildman–Crippen LogP) is 3.98. The van der Waals surface area contributed by atoms with E-state index in [9.17, 15) is 5.26 Å². The molecule has 8 heteroatoms. The van der Waals surface area contributed by atoms with E-state index in [1.165, 1.54) is 6.20 Å². The van der Waals surface area contributed by atoms with E-state index < -0.39 is 0 Å². The van der Waals surface area contributed by atoms with E-state index in [0.717, 1.165) is 0 Å². The highest BCUT2D eigenvalue weighted by molar-refractivity contribution is 5.98. The van der Waals surface area contributed by atoms with E-state index in [4.69, 9.17) is 23.7 Å². The number of nitrogens with one attached hydrogen (secondary N) is 1. The first-order valence-electron chi connectivity index (χ1n) is 9.91. The van der Waals surface area contributed by atoms with Gasteiger partial charge in [-0.3, -0.25) is 4.98 Å². The number of aromatic nitrogens is 1. The topological polar surface area (TPSA) is 94.9 Å². The van der Waals surface area contributed by atoms with Gasteiger partial charge in [-0.05, 0) is 25.1 Å². The van der Waals surface area contributed by atoms with Gasteiger partial charge in [0.1, 0.15) is 12.7 Å². The van der Waals surface area contributed by atoms with Gasteiger partial charge in [-0.25, -0.2) is 0 Å². The number of anilines is 2. The van der Waals surface area contributed by atoms with Crippen molar-refractivity contribution in [2.24, 2.45) is 0 Å². The summed E-state index contributed by atoms with van der Waals surface area (Å²) < 4.78 is 27.5. The van der Waals surface area contributed by atoms with Crippen molar-refractivity contribution in [2.45, 2.75) is 6.92 Å². The molecular weight excluding hydrogens is 410 g/mol. The van der Waals surface area contributed by atoms with Crippen molar-refractivity contribution in [1.29, 1.82) is 5.26 Å². The third kappa shape index (κ3) is 3.92. The van der Waals surface area contributed by atoms with Crippen LogP contribution in [-0.2, 0) is 4.74 Å². The second-order valence-corrected chi connectivity index (χ2v) is 6.70. The Morgan fingerprint density at radius 1 is 1.12 bits per heavy atom. The highest BCUT2D eigenvalue weighted by Gasteiger charge is 2.23. The minimum atomic E-state index is 0.0841. The van der Waals surface area contributed by atoms with E-state index in [-0.39, 0.29) is 6.79 Å². The van der Waals surface area contributed by atoms with Crippen molar-refractivity contribution in [3.63, 3.8) is 0 Å². The van der Waals surface area contributed by atoms with Gasteiger partial charge in [0.05, 0.1) is 41.7 Å². The lowest BCUT2D eigenvalue weighted by Crippen LogP contribution is -2.01. The fraction of sp³-hybridized carbons (Fsp3) is 0.250. The Morgan fingerprint density at radius 3 is 2.72 bits per heavy atom. The summed E-state index contributed by atoms with van der Waals surface area (Å²) in [6.45, 7) is 2.79. The van der Waals surface area contributed by atoms with Crippen LogP contribution in [0.1, 0.15) is 18.1 Å². The summed E-state index contributed by atoms with van der Waals surface area (Å²) in [6, 6.07) is 9.46. The number of ether oxygens (including phenoxy) is 5. The number of methoxy groups -OCH3 is 2. The van der Waals surface area contributed by atoms with Crippen LogP contribution in [0.25, 0.3) is 10.9 Å². The molecule has 0 fully saturated rings. The molecule has 0 radical (unpaired) electrons. The van der Waals surface area contributed by atoms with Crippen LogP contribution in [0, 0.1) is 23.2 Å². The van der Waals surface area contributed by atoms with Crippen molar-refractivity contribution in [1.82, 2.24) is 4.98 Å². The molecule has 0 amide bonds. The molecule has 2 aromatic carbocycles. The Bertz CT molecular complexity index is 1270. The van der Waals surface area contributed by atoms with Gasteiger partial charge in [-0.15, -0.1) is 0 Å². The Balaban J connectivity index is 1.82. The second kappa shape index (κ2) is 9.34. The first kappa shape index (κ1) is 21.1. The van der Waals surface area contributed by atoms with Crippen LogP contribution in [0.4, 0.5) is 11.4 Å². The van der Waals surface area contributed by atoms with Gasteiger partial charge in [0, 0.05) is 24.8 Å². The summed E-state index contributed by atoms with van der Waals surface area (Å²) in [6.07, 6.45) is 1.52. The number of pyridine rings is 1. The summed E-state index contributed by atoms with van der Waals surface area (Å²) in [5.74, 6) is 8.15. The smallest absolute Gasteiger partial charge is 0.231 e. The molecule has 0 aliphatic carbocycles. The summed E-state index contributed by atoms with van der Waals surface area (Å²) in [7, 11) is 3.16. The van der Waals surface area contributed by atoms with Gasteiger partial charge in [-0.1, -0.05) is 11.8 Å². The molecule has 2 heterocycles. The summed E-state index contributed by atoms with van der Waals surface area (Å²) in [5.41, 5.74) is 2.96. The van der Waals surface area contributed by atoms with Crippen LogP contribution in [0.2, 0.25) is 0 Å². The molecule has 0 bridgehead atoms. The molecule has 0 atom stereocenters. The summed E-state index contributed by atoms with van der Waals surface area (Å²) in [5, 5.41) is 13.7. The van der Waals surface area contributed by atoms with E-state index in [1.54, 1.807) is 26.4 Å². The minimum absolute atomic E-state index is 0.0841. The van der Waals surface area contributed by atoms with Crippen molar-refractivity contribution < 1.29 is 23.7 Å². The van der Waals surface area contributed by atoms with Crippen LogP contribution in [0.5, 0.6) is 23.0 Å². The van der Waals surface area contributed by atoms with Crippen LogP contribution in [0.3, 0.4) is 0 Å². The highest BCUT2D eigenvalue weighted by atomic mass is 16.7. The van der Waals surface area contributed by atoms with Gasteiger partial charge in [0.25, 0.3) is 0 Å². The molecule has 0 spiro atoms. The number of benzene rings is 2. The molecule has 0 saturated heterocycles. The fourth-order valence-corrected chi connectivity index (χ4v) is 3.38. The van der Waals surface area contributed by atoms with Crippen molar-refractivity contribution >= 4 is 22.3 Å². The van der Waals surface area contributed by atoms with Gasteiger partial charge >= 0.3 is 0 Å². The third-order valence-electron chi connectivity index (χ3n) is 4.79. The van der Waals surface area contributed by atoms with Crippen LogP contribution < -0.4 is 24.3 Å². The standard InChI is InChI=1S/C24H21N3O5/c1-4-30-21-11-19-17(10-20(21)29-3)22(16(12-25)13-26-19)27-18-8-7-15(6-5-9-28-2)23-24(18)32-14-31-23/h7-8,10-11,13H,4,9,14H2,1-3H3,(H,26,27). The number of nitrogens with zero attached hydrogens (tertiary/aromatic N) is 2. The summed E-state index contributed by atoms with van der Waals surface area (Å²) >= 11 is 0.